The third kappa shape index (κ3) is 4.07. The molecule has 2 aromatic rings. The van der Waals surface area contributed by atoms with E-state index in [9.17, 15) is 0 Å². The highest BCUT2D eigenvalue weighted by molar-refractivity contribution is 5.55. The maximum absolute atomic E-state index is 4.50. The Morgan fingerprint density at radius 1 is 1.14 bits per heavy atom. The van der Waals surface area contributed by atoms with Crippen LogP contribution in [-0.2, 0) is 5.54 Å². The minimum atomic E-state index is -0.0636. The molecule has 1 saturated heterocycles. The van der Waals surface area contributed by atoms with Gasteiger partial charge in [-0.05, 0) is 61.7 Å². The summed E-state index contributed by atoms with van der Waals surface area (Å²) in [5.74, 6) is 1.52. The van der Waals surface area contributed by atoms with Gasteiger partial charge in [-0.15, -0.1) is 5.10 Å². The number of nitrogens with zero attached hydrogens (tertiary/aromatic N) is 5. The van der Waals surface area contributed by atoms with E-state index in [0.717, 1.165) is 38.4 Å². The Labute approximate surface area is 169 Å². The lowest BCUT2D eigenvalue weighted by atomic mass is 9.97. The highest BCUT2D eigenvalue weighted by Gasteiger charge is 2.37. The first-order valence-electron chi connectivity index (χ1n) is 10.7. The van der Waals surface area contributed by atoms with Crippen molar-refractivity contribution in [2.75, 3.05) is 31.1 Å². The third-order valence-corrected chi connectivity index (χ3v) is 6.43. The van der Waals surface area contributed by atoms with Crippen molar-refractivity contribution in [3.63, 3.8) is 0 Å². The second-order valence-electron chi connectivity index (χ2n) is 9.27. The molecule has 1 atom stereocenters. The lowest BCUT2D eigenvalue weighted by molar-refractivity contribution is -0.937. The standard InChI is InChI=1S/C22H36N6/c1-8-22(6,7)28-21(23-24-25-28)20(16(2)3)27-13-11-26(12-14-27)19-15-17(4)9-10-18(19)5/h9-10,15-16,20H,8,11-14H2,1-7H3/p+1/t20-/m0/s1. The molecule has 1 aromatic heterocycles. The fourth-order valence-corrected chi connectivity index (χ4v) is 4.33. The molecular weight excluding hydrogens is 348 g/mol. The average molecular weight is 386 g/mol. The molecule has 0 unspecified atom stereocenters. The van der Waals surface area contributed by atoms with Gasteiger partial charge in [-0.3, -0.25) is 0 Å². The van der Waals surface area contributed by atoms with Crippen molar-refractivity contribution in [1.29, 1.82) is 0 Å². The molecule has 0 bridgehead atoms. The van der Waals surface area contributed by atoms with Gasteiger partial charge in [0, 0.05) is 11.6 Å². The Bertz CT molecular complexity index is 786. The van der Waals surface area contributed by atoms with Crippen LogP contribution in [0.2, 0.25) is 0 Å². The second-order valence-corrected chi connectivity index (χ2v) is 9.27. The van der Waals surface area contributed by atoms with E-state index in [0.29, 0.717) is 12.0 Å². The number of hydrogen-bond acceptors (Lipinski definition) is 4. The summed E-state index contributed by atoms with van der Waals surface area (Å²) in [4.78, 5) is 4.14. The first-order valence-corrected chi connectivity index (χ1v) is 10.7. The molecule has 1 aliphatic heterocycles. The number of aryl methyl sites for hydroxylation is 2. The van der Waals surface area contributed by atoms with Crippen LogP contribution in [0.4, 0.5) is 5.69 Å². The smallest absolute Gasteiger partial charge is 0.210 e. The summed E-state index contributed by atoms with van der Waals surface area (Å²) < 4.78 is 2.07. The molecule has 6 nitrogen and oxygen atoms in total. The van der Waals surface area contributed by atoms with Crippen LogP contribution in [0.25, 0.3) is 0 Å². The van der Waals surface area contributed by atoms with Crippen molar-refractivity contribution in [1.82, 2.24) is 20.2 Å². The Morgan fingerprint density at radius 2 is 1.82 bits per heavy atom. The van der Waals surface area contributed by atoms with Gasteiger partial charge in [-0.2, -0.15) is 0 Å². The zero-order chi connectivity index (χ0) is 20.5. The number of rotatable bonds is 6. The van der Waals surface area contributed by atoms with Gasteiger partial charge in [0.1, 0.15) is 0 Å². The van der Waals surface area contributed by atoms with Gasteiger partial charge in [0.05, 0.1) is 31.7 Å². The van der Waals surface area contributed by atoms with Gasteiger partial charge < -0.3 is 9.80 Å². The number of quaternary nitrogens is 1. The van der Waals surface area contributed by atoms with Crippen LogP contribution in [0.15, 0.2) is 18.2 Å². The summed E-state index contributed by atoms with van der Waals surface area (Å²) in [5.41, 5.74) is 4.02. The molecule has 0 saturated carbocycles. The first-order chi connectivity index (χ1) is 13.2. The maximum atomic E-state index is 4.50. The van der Waals surface area contributed by atoms with Crippen molar-refractivity contribution in [2.45, 2.75) is 66.5 Å². The fraction of sp³-hybridized carbons (Fsp3) is 0.682. The highest BCUT2D eigenvalue weighted by Crippen LogP contribution is 2.25. The summed E-state index contributed by atoms with van der Waals surface area (Å²) in [6.45, 7) is 20.0. The first kappa shape index (κ1) is 20.8. The lowest BCUT2D eigenvalue weighted by Gasteiger charge is -2.39. The van der Waals surface area contributed by atoms with Gasteiger partial charge >= 0.3 is 0 Å². The van der Waals surface area contributed by atoms with Crippen molar-refractivity contribution in [3.8, 4) is 0 Å². The van der Waals surface area contributed by atoms with Crippen molar-refractivity contribution >= 4 is 5.69 Å². The summed E-state index contributed by atoms with van der Waals surface area (Å²) in [5, 5.41) is 12.9. The quantitative estimate of drug-likeness (QED) is 0.830. The molecule has 1 fully saturated rings. The molecule has 2 heterocycles. The Kier molecular flexibility index (Phi) is 6.08. The topological polar surface area (TPSA) is 51.3 Å². The number of nitrogens with one attached hydrogen (secondary N) is 1. The van der Waals surface area contributed by atoms with Crippen LogP contribution in [-0.4, -0.2) is 46.4 Å². The Hall–Kier alpha value is -1.95. The number of piperazine rings is 1. The molecule has 1 N–H and O–H groups in total. The van der Waals surface area contributed by atoms with Crippen molar-refractivity contribution in [2.24, 2.45) is 5.92 Å². The molecule has 0 spiro atoms. The van der Waals surface area contributed by atoms with Gasteiger partial charge in [0.25, 0.3) is 0 Å². The summed E-state index contributed by atoms with van der Waals surface area (Å²) >= 11 is 0. The van der Waals surface area contributed by atoms with E-state index in [-0.39, 0.29) is 5.54 Å². The SMILES string of the molecule is CCC(C)(C)n1nnnc1[C@H](C(C)C)[NH+]1CCN(c2cc(C)ccc2C)CC1. The van der Waals surface area contributed by atoms with Crippen LogP contribution in [0, 0.1) is 19.8 Å². The summed E-state index contributed by atoms with van der Waals surface area (Å²) in [7, 11) is 0. The Balaban J connectivity index is 1.80. The predicted molar refractivity (Wildman–Crippen MR) is 114 cm³/mol. The molecular formula is C22H37N6+. The summed E-state index contributed by atoms with van der Waals surface area (Å²) in [6, 6.07) is 7.08. The second kappa shape index (κ2) is 8.19. The third-order valence-electron chi connectivity index (χ3n) is 6.43. The lowest BCUT2D eigenvalue weighted by Crippen LogP contribution is -3.15. The minimum absolute atomic E-state index is 0.0636. The van der Waals surface area contributed by atoms with Crippen LogP contribution < -0.4 is 9.80 Å². The fourth-order valence-electron chi connectivity index (χ4n) is 4.33. The molecule has 28 heavy (non-hydrogen) atoms. The van der Waals surface area contributed by atoms with Gasteiger partial charge in [-0.25, -0.2) is 4.68 Å². The van der Waals surface area contributed by atoms with Gasteiger partial charge in [0.2, 0.25) is 5.82 Å². The zero-order valence-corrected chi connectivity index (χ0v) is 18.7. The van der Waals surface area contributed by atoms with E-state index < -0.39 is 0 Å². The molecule has 3 rings (SSSR count). The van der Waals surface area contributed by atoms with E-state index in [1.807, 2.05) is 0 Å². The molecule has 1 aromatic carbocycles. The van der Waals surface area contributed by atoms with Crippen molar-refractivity contribution < 1.29 is 4.90 Å². The number of anilines is 1. The molecule has 154 valence electrons. The predicted octanol–water partition coefficient (Wildman–Crippen LogP) is 2.54. The number of hydrogen-bond donors (Lipinski definition) is 1. The van der Waals surface area contributed by atoms with Crippen LogP contribution in [0.5, 0.6) is 0 Å². The Morgan fingerprint density at radius 3 is 2.43 bits per heavy atom. The molecule has 6 heteroatoms. The van der Waals surface area contributed by atoms with E-state index in [1.165, 1.54) is 16.8 Å². The number of benzene rings is 1. The monoisotopic (exact) mass is 385 g/mol. The van der Waals surface area contributed by atoms with Crippen molar-refractivity contribution in [3.05, 3.63) is 35.2 Å². The minimum Gasteiger partial charge on any atom is -0.360 e. The van der Waals surface area contributed by atoms with E-state index in [2.05, 4.69) is 91.8 Å². The summed E-state index contributed by atoms with van der Waals surface area (Å²) in [6.07, 6.45) is 1.01. The molecule has 0 amide bonds. The van der Waals surface area contributed by atoms with Crippen LogP contribution in [0.1, 0.15) is 64.0 Å². The molecule has 0 aliphatic carbocycles. The average Bonchev–Trinajstić information content (AvgIpc) is 3.14. The zero-order valence-electron chi connectivity index (χ0n) is 18.7. The largest absolute Gasteiger partial charge is 0.360 e. The maximum Gasteiger partial charge on any atom is 0.210 e. The number of tetrazole rings is 1. The van der Waals surface area contributed by atoms with Crippen LogP contribution in [0.3, 0.4) is 0 Å². The highest BCUT2D eigenvalue weighted by atomic mass is 15.6. The van der Waals surface area contributed by atoms with Gasteiger partial charge in [0.15, 0.2) is 6.04 Å². The van der Waals surface area contributed by atoms with Crippen LogP contribution >= 0.6 is 0 Å². The number of aromatic nitrogens is 4. The molecule has 1 aliphatic rings. The van der Waals surface area contributed by atoms with Gasteiger partial charge in [-0.1, -0.05) is 32.9 Å². The van der Waals surface area contributed by atoms with E-state index in [1.54, 1.807) is 4.90 Å². The van der Waals surface area contributed by atoms with E-state index in [4.69, 9.17) is 0 Å². The van der Waals surface area contributed by atoms with E-state index >= 15 is 0 Å². The molecule has 0 radical (unpaired) electrons. The normalized spacial score (nSPS) is 17.4.